The molecule has 0 aliphatic heterocycles. The monoisotopic (exact) mass is 391 g/mol. The molecule has 2 nitrogen and oxygen atoms in total. The molecule has 0 radical (unpaired) electrons. The van der Waals surface area contributed by atoms with Gasteiger partial charge in [-0.15, -0.1) is 0 Å². The third kappa shape index (κ3) is 5.16. The van der Waals surface area contributed by atoms with Gasteiger partial charge in [0.15, 0.2) is 6.10 Å². The Hall–Kier alpha value is -2.65. The Kier molecular flexibility index (Phi) is 6.18. The van der Waals surface area contributed by atoms with Crippen molar-refractivity contribution in [1.82, 2.24) is 0 Å². The predicted octanol–water partition coefficient (Wildman–Crippen LogP) is 6.25. The second-order valence-corrected chi connectivity index (χ2v) is 6.32. The van der Waals surface area contributed by atoms with Crippen LogP contribution in [0.1, 0.15) is 22.8 Å². The molecule has 0 N–H and O–H groups in total. The molecule has 0 aromatic heterocycles. The maximum Gasteiger partial charge on any atom is 0.172 e. The SMILES string of the molecule is Brc1ccccc1C(/C=C/c1ccccc1)O/N=C/c1ccccc1. The second-order valence-electron chi connectivity index (χ2n) is 5.46. The average molecular weight is 392 g/mol. The zero-order valence-corrected chi connectivity index (χ0v) is 15.2. The Morgan fingerprint density at radius 2 is 1.36 bits per heavy atom. The van der Waals surface area contributed by atoms with Gasteiger partial charge >= 0.3 is 0 Å². The van der Waals surface area contributed by atoms with E-state index >= 15 is 0 Å². The molecule has 3 aromatic rings. The molecule has 0 heterocycles. The van der Waals surface area contributed by atoms with Gasteiger partial charge in [-0.2, -0.15) is 0 Å². The first kappa shape index (κ1) is 17.2. The van der Waals surface area contributed by atoms with Gasteiger partial charge in [-0.3, -0.25) is 0 Å². The molecule has 3 heteroatoms. The molecule has 0 aliphatic rings. The van der Waals surface area contributed by atoms with E-state index in [0.717, 1.165) is 21.2 Å². The van der Waals surface area contributed by atoms with Crippen LogP contribution in [0.2, 0.25) is 0 Å². The van der Waals surface area contributed by atoms with Crippen molar-refractivity contribution in [3.8, 4) is 0 Å². The standard InChI is InChI=1S/C22H18BrNO/c23-21-14-8-7-13-20(21)22(16-15-18-9-3-1-4-10-18)25-24-17-19-11-5-2-6-12-19/h1-17,22H/b16-15+,24-17+. The van der Waals surface area contributed by atoms with Crippen LogP contribution in [0.5, 0.6) is 0 Å². The molecule has 25 heavy (non-hydrogen) atoms. The van der Waals surface area contributed by atoms with Crippen molar-refractivity contribution in [1.29, 1.82) is 0 Å². The van der Waals surface area contributed by atoms with Crippen LogP contribution in [-0.2, 0) is 4.84 Å². The largest absolute Gasteiger partial charge is 0.383 e. The van der Waals surface area contributed by atoms with Crippen LogP contribution in [0, 0.1) is 0 Å². The van der Waals surface area contributed by atoms with Gasteiger partial charge in [-0.1, -0.05) is 106 Å². The van der Waals surface area contributed by atoms with Crippen molar-refractivity contribution in [3.63, 3.8) is 0 Å². The van der Waals surface area contributed by atoms with Gasteiger partial charge in [0, 0.05) is 10.0 Å². The lowest BCUT2D eigenvalue weighted by Crippen LogP contribution is -1.99. The topological polar surface area (TPSA) is 21.6 Å². The summed E-state index contributed by atoms with van der Waals surface area (Å²) in [5.74, 6) is 0. The number of benzene rings is 3. The molecule has 0 spiro atoms. The number of halogens is 1. The molecule has 1 unspecified atom stereocenters. The molecule has 3 aromatic carbocycles. The summed E-state index contributed by atoms with van der Waals surface area (Å²) in [4.78, 5) is 5.79. The number of nitrogens with zero attached hydrogens (tertiary/aromatic N) is 1. The third-order valence-electron chi connectivity index (χ3n) is 3.65. The second kappa shape index (κ2) is 9.00. The summed E-state index contributed by atoms with van der Waals surface area (Å²) in [7, 11) is 0. The van der Waals surface area contributed by atoms with Gasteiger partial charge in [0.2, 0.25) is 0 Å². The molecule has 0 fully saturated rings. The van der Waals surface area contributed by atoms with Crippen molar-refractivity contribution in [2.45, 2.75) is 6.10 Å². The van der Waals surface area contributed by atoms with Crippen molar-refractivity contribution >= 4 is 28.2 Å². The van der Waals surface area contributed by atoms with Crippen LogP contribution in [0.3, 0.4) is 0 Å². The zero-order valence-electron chi connectivity index (χ0n) is 13.6. The number of hydrogen-bond acceptors (Lipinski definition) is 2. The van der Waals surface area contributed by atoms with E-state index in [0.29, 0.717) is 0 Å². The van der Waals surface area contributed by atoms with E-state index in [1.165, 1.54) is 0 Å². The number of rotatable bonds is 6. The van der Waals surface area contributed by atoms with E-state index in [4.69, 9.17) is 4.84 Å². The molecular weight excluding hydrogens is 374 g/mol. The van der Waals surface area contributed by atoms with E-state index in [9.17, 15) is 0 Å². The van der Waals surface area contributed by atoms with Gasteiger partial charge in [0.1, 0.15) is 0 Å². The van der Waals surface area contributed by atoms with Gasteiger partial charge in [-0.25, -0.2) is 0 Å². The molecule has 124 valence electrons. The van der Waals surface area contributed by atoms with Crippen molar-refractivity contribution in [3.05, 3.63) is 112 Å². The third-order valence-corrected chi connectivity index (χ3v) is 4.37. The molecule has 1 atom stereocenters. The summed E-state index contributed by atoms with van der Waals surface area (Å²) in [6, 6.07) is 28.1. The smallest absolute Gasteiger partial charge is 0.172 e. The van der Waals surface area contributed by atoms with Crippen LogP contribution in [0.25, 0.3) is 6.08 Å². The van der Waals surface area contributed by atoms with E-state index in [1.54, 1.807) is 6.21 Å². The minimum absolute atomic E-state index is 0.282. The predicted molar refractivity (Wildman–Crippen MR) is 107 cm³/mol. The minimum Gasteiger partial charge on any atom is -0.383 e. The maximum atomic E-state index is 5.79. The first-order chi connectivity index (χ1) is 12.3. The van der Waals surface area contributed by atoms with E-state index in [2.05, 4.69) is 33.2 Å². The number of oxime groups is 1. The highest BCUT2D eigenvalue weighted by molar-refractivity contribution is 9.10. The van der Waals surface area contributed by atoms with Gasteiger partial charge in [0.05, 0.1) is 6.21 Å². The van der Waals surface area contributed by atoms with Gasteiger partial charge < -0.3 is 4.84 Å². The van der Waals surface area contributed by atoms with Crippen LogP contribution in [-0.4, -0.2) is 6.21 Å². The Bertz CT molecular complexity index is 844. The molecule has 0 bridgehead atoms. The lowest BCUT2D eigenvalue weighted by atomic mass is 10.1. The molecule has 0 amide bonds. The summed E-state index contributed by atoms with van der Waals surface area (Å²) >= 11 is 3.59. The summed E-state index contributed by atoms with van der Waals surface area (Å²) in [6.45, 7) is 0. The number of hydrogen-bond donors (Lipinski definition) is 0. The Labute approximate surface area is 156 Å². The highest BCUT2D eigenvalue weighted by Gasteiger charge is 2.12. The fraction of sp³-hybridized carbons (Fsp3) is 0.0455. The van der Waals surface area contributed by atoms with Crippen molar-refractivity contribution < 1.29 is 4.84 Å². The summed E-state index contributed by atoms with van der Waals surface area (Å²) < 4.78 is 0.993. The maximum absolute atomic E-state index is 5.79. The Morgan fingerprint density at radius 1 is 0.760 bits per heavy atom. The Morgan fingerprint density at radius 3 is 2.04 bits per heavy atom. The summed E-state index contributed by atoms with van der Waals surface area (Å²) in [5, 5.41) is 4.17. The van der Waals surface area contributed by atoms with Crippen molar-refractivity contribution in [2.24, 2.45) is 5.16 Å². The first-order valence-electron chi connectivity index (χ1n) is 8.05. The minimum atomic E-state index is -0.282. The summed E-state index contributed by atoms with van der Waals surface area (Å²) in [6.07, 6.45) is 5.50. The van der Waals surface area contributed by atoms with E-state index in [-0.39, 0.29) is 6.10 Å². The zero-order chi connectivity index (χ0) is 17.3. The average Bonchev–Trinajstić information content (AvgIpc) is 2.67. The van der Waals surface area contributed by atoms with Gasteiger partial charge in [0.25, 0.3) is 0 Å². The molecule has 0 saturated heterocycles. The fourth-order valence-corrected chi connectivity index (χ4v) is 2.87. The molecule has 3 rings (SSSR count). The van der Waals surface area contributed by atoms with Crippen LogP contribution in [0.15, 0.2) is 101 Å². The highest BCUT2D eigenvalue weighted by Crippen LogP contribution is 2.27. The first-order valence-corrected chi connectivity index (χ1v) is 8.84. The molecule has 0 saturated carbocycles. The quantitative estimate of drug-likeness (QED) is 0.359. The Balaban J connectivity index is 1.80. The van der Waals surface area contributed by atoms with Crippen molar-refractivity contribution in [2.75, 3.05) is 0 Å². The van der Waals surface area contributed by atoms with Crippen LogP contribution < -0.4 is 0 Å². The lowest BCUT2D eigenvalue weighted by Gasteiger charge is -2.13. The normalized spacial score (nSPS) is 12.5. The van der Waals surface area contributed by atoms with E-state index < -0.39 is 0 Å². The summed E-state index contributed by atoms with van der Waals surface area (Å²) in [5.41, 5.74) is 3.15. The van der Waals surface area contributed by atoms with E-state index in [1.807, 2.05) is 84.9 Å². The fourth-order valence-electron chi connectivity index (χ4n) is 2.36. The lowest BCUT2D eigenvalue weighted by molar-refractivity contribution is 0.0944. The molecule has 0 aliphatic carbocycles. The highest BCUT2D eigenvalue weighted by atomic mass is 79.9. The van der Waals surface area contributed by atoms with Gasteiger partial charge in [-0.05, 0) is 23.3 Å². The molecular formula is C22H18BrNO. The van der Waals surface area contributed by atoms with Crippen LogP contribution >= 0.6 is 15.9 Å². The van der Waals surface area contributed by atoms with Crippen LogP contribution in [0.4, 0.5) is 0 Å².